The normalized spacial score (nSPS) is 14.5. The third-order valence-electron chi connectivity index (χ3n) is 4.40. The fourth-order valence-corrected chi connectivity index (χ4v) is 4.48. The lowest BCUT2D eigenvalue weighted by Crippen LogP contribution is -2.28. The van der Waals surface area contributed by atoms with Gasteiger partial charge >= 0.3 is 0 Å². The summed E-state index contributed by atoms with van der Waals surface area (Å²) in [5.74, 6) is -0.0775. The molecule has 1 fully saturated rings. The summed E-state index contributed by atoms with van der Waals surface area (Å²) in [6.07, 6.45) is 1.30. The van der Waals surface area contributed by atoms with Gasteiger partial charge in [-0.1, -0.05) is 11.2 Å². The molecule has 2 heterocycles. The maximum absolute atomic E-state index is 12.3. The molecule has 1 aromatic heterocycles. The fourth-order valence-electron chi connectivity index (χ4n) is 3.13. The molecular weight excluding hydrogens is 384 g/mol. The summed E-state index contributed by atoms with van der Waals surface area (Å²) in [7, 11) is -3.80. The summed E-state index contributed by atoms with van der Waals surface area (Å²) >= 11 is 0. The highest BCUT2D eigenvalue weighted by molar-refractivity contribution is 7.89. The van der Waals surface area contributed by atoms with Crippen molar-refractivity contribution in [3.8, 4) is 0 Å². The van der Waals surface area contributed by atoms with E-state index in [1.54, 1.807) is 23.1 Å². The molecule has 1 aliphatic heterocycles. The Morgan fingerprint density at radius 2 is 2.11 bits per heavy atom. The molecule has 28 heavy (non-hydrogen) atoms. The molecule has 0 spiro atoms. The standard InChI is InChI=1S/C18H22N4O5S/c1-12-18(13(2)27-21-12)28(25,26)19-9-8-16(23)20-14-5-3-6-15(11-14)22-10-4-7-17(22)24/h3,5-6,11,19H,4,7-10H2,1-2H3,(H,20,23). The number of hydrogen-bond donors (Lipinski definition) is 2. The van der Waals surface area contributed by atoms with Crippen molar-refractivity contribution >= 4 is 33.2 Å². The van der Waals surface area contributed by atoms with Crippen LogP contribution in [-0.4, -0.2) is 38.5 Å². The molecule has 1 saturated heterocycles. The van der Waals surface area contributed by atoms with Crippen LogP contribution in [0.4, 0.5) is 11.4 Å². The molecule has 0 atom stereocenters. The zero-order valence-corrected chi connectivity index (χ0v) is 16.5. The Kier molecular flexibility index (Phi) is 5.80. The average molecular weight is 406 g/mol. The molecule has 1 aliphatic rings. The van der Waals surface area contributed by atoms with Crippen molar-refractivity contribution < 1.29 is 22.5 Å². The number of anilines is 2. The third-order valence-corrected chi connectivity index (χ3v) is 6.10. The average Bonchev–Trinajstić information content (AvgIpc) is 3.20. The molecule has 0 radical (unpaired) electrons. The Hall–Kier alpha value is -2.72. The van der Waals surface area contributed by atoms with Crippen LogP contribution in [0.5, 0.6) is 0 Å². The zero-order valence-electron chi connectivity index (χ0n) is 15.7. The molecule has 0 aliphatic carbocycles. The highest BCUT2D eigenvalue weighted by Gasteiger charge is 2.24. The number of carbonyl (C=O) groups is 2. The van der Waals surface area contributed by atoms with E-state index in [4.69, 9.17) is 4.52 Å². The number of nitrogens with one attached hydrogen (secondary N) is 2. The van der Waals surface area contributed by atoms with Gasteiger partial charge in [-0.25, -0.2) is 13.1 Å². The van der Waals surface area contributed by atoms with Crippen molar-refractivity contribution in [1.82, 2.24) is 9.88 Å². The molecule has 0 unspecified atom stereocenters. The van der Waals surface area contributed by atoms with Crippen LogP contribution < -0.4 is 14.9 Å². The molecule has 2 aromatic rings. The topological polar surface area (TPSA) is 122 Å². The number of carbonyl (C=O) groups excluding carboxylic acids is 2. The van der Waals surface area contributed by atoms with Gasteiger partial charge in [-0.2, -0.15) is 0 Å². The van der Waals surface area contributed by atoms with Crippen molar-refractivity contribution in [2.24, 2.45) is 0 Å². The zero-order chi connectivity index (χ0) is 20.3. The molecule has 0 saturated carbocycles. The van der Waals surface area contributed by atoms with E-state index < -0.39 is 10.0 Å². The second-order valence-corrected chi connectivity index (χ2v) is 8.25. The Labute approximate surface area is 163 Å². The number of hydrogen-bond acceptors (Lipinski definition) is 6. The number of aryl methyl sites for hydroxylation is 2. The van der Waals surface area contributed by atoms with E-state index in [1.807, 2.05) is 6.07 Å². The van der Waals surface area contributed by atoms with E-state index in [-0.39, 0.29) is 41.1 Å². The molecule has 1 aromatic carbocycles. The van der Waals surface area contributed by atoms with E-state index in [0.717, 1.165) is 12.1 Å². The Morgan fingerprint density at radius 3 is 2.75 bits per heavy atom. The van der Waals surface area contributed by atoms with Crippen molar-refractivity contribution in [2.45, 2.75) is 38.0 Å². The van der Waals surface area contributed by atoms with Crippen LogP contribution in [0.3, 0.4) is 0 Å². The molecule has 9 nitrogen and oxygen atoms in total. The number of benzene rings is 1. The second-order valence-electron chi connectivity index (χ2n) is 6.55. The van der Waals surface area contributed by atoms with Gasteiger partial charge in [-0.3, -0.25) is 9.59 Å². The lowest BCUT2D eigenvalue weighted by atomic mass is 10.2. The van der Waals surface area contributed by atoms with Gasteiger partial charge < -0.3 is 14.7 Å². The van der Waals surface area contributed by atoms with E-state index in [0.29, 0.717) is 18.7 Å². The first-order valence-electron chi connectivity index (χ1n) is 8.91. The van der Waals surface area contributed by atoms with Crippen LogP contribution >= 0.6 is 0 Å². The summed E-state index contributed by atoms with van der Waals surface area (Å²) in [6, 6.07) is 7.03. The number of sulfonamides is 1. The minimum atomic E-state index is -3.80. The minimum absolute atomic E-state index is 0.00381. The van der Waals surface area contributed by atoms with Crippen LogP contribution in [0.1, 0.15) is 30.7 Å². The predicted molar refractivity (Wildman–Crippen MR) is 102 cm³/mol. The maximum Gasteiger partial charge on any atom is 0.245 e. The first-order valence-corrected chi connectivity index (χ1v) is 10.4. The monoisotopic (exact) mass is 406 g/mol. The van der Waals surface area contributed by atoms with Crippen LogP contribution in [-0.2, 0) is 19.6 Å². The number of amides is 2. The largest absolute Gasteiger partial charge is 0.360 e. The first-order chi connectivity index (χ1) is 13.3. The minimum Gasteiger partial charge on any atom is -0.360 e. The lowest BCUT2D eigenvalue weighted by Gasteiger charge is -2.16. The van der Waals surface area contributed by atoms with Gasteiger partial charge in [0, 0.05) is 37.3 Å². The molecule has 150 valence electrons. The number of rotatable bonds is 7. The van der Waals surface area contributed by atoms with E-state index in [1.165, 1.54) is 13.8 Å². The van der Waals surface area contributed by atoms with Crippen molar-refractivity contribution in [3.63, 3.8) is 0 Å². The molecule has 2 amide bonds. The quantitative estimate of drug-likeness (QED) is 0.722. The highest BCUT2D eigenvalue weighted by atomic mass is 32.2. The molecule has 10 heteroatoms. The van der Waals surface area contributed by atoms with Crippen LogP contribution in [0, 0.1) is 13.8 Å². The van der Waals surface area contributed by atoms with Crippen LogP contribution in [0.25, 0.3) is 0 Å². The van der Waals surface area contributed by atoms with E-state index in [9.17, 15) is 18.0 Å². The predicted octanol–water partition coefficient (Wildman–Crippen LogP) is 1.73. The Bertz CT molecular complexity index is 980. The fraction of sp³-hybridized carbons (Fsp3) is 0.389. The Morgan fingerprint density at radius 1 is 1.32 bits per heavy atom. The van der Waals surface area contributed by atoms with Crippen LogP contribution in [0.15, 0.2) is 33.7 Å². The Balaban J connectivity index is 1.56. The first kappa shape index (κ1) is 20.0. The van der Waals surface area contributed by atoms with Gasteiger partial charge in [0.15, 0.2) is 5.76 Å². The lowest BCUT2D eigenvalue weighted by molar-refractivity contribution is -0.117. The summed E-state index contributed by atoms with van der Waals surface area (Å²) in [5.41, 5.74) is 1.55. The van der Waals surface area contributed by atoms with Gasteiger partial charge in [0.25, 0.3) is 0 Å². The second kappa shape index (κ2) is 8.11. The van der Waals surface area contributed by atoms with Crippen molar-refractivity contribution in [1.29, 1.82) is 0 Å². The smallest absolute Gasteiger partial charge is 0.245 e. The van der Waals surface area contributed by atoms with E-state index in [2.05, 4.69) is 15.2 Å². The molecule has 2 N–H and O–H groups in total. The summed E-state index contributed by atoms with van der Waals surface area (Å²) in [6.45, 7) is 3.65. The molecule has 3 rings (SSSR count). The highest BCUT2D eigenvalue weighted by Crippen LogP contribution is 2.24. The van der Waals surface area contributed by atoms with Gasteiger partial charge in [-0.15, -0.1) is 0 Å². The van der Waals surface area contributed by atoms with Crippen LogP contribution in [0.2, 0.25) is 0 Å². The van der Waals surface area contributed by atoms with Gasteiger partial charge in [-0.05, 0) is 38.5 Å². The molecular formula is C18H22N4O5S. The summed E-state index contributed by atoms with van der Waals surface area (Å²) in [5, 5.41) is 6.35. The number of nitrogens with zero attached hydrogens (tertiary/aromatic N) is 2. The summed E-state index contributed by atoms with van der Waals surface area (Å²) < 4.78 is 31.9. The SMILES string of the molecule is Cc1noc(C)c1S(=O)(=O)NCCC(=O)Nc1cccc(N2CCCC2=O)c1. The van der Waals surface area contributed by atoms with Gasteiger partial charge in [0.2, 0.25) is 21.8 Å². The van der Waals surface area contributed by atoms with Crippen molar-refractivity contribution in [2.75, 3.05) is 23.3 Å². The van der Waals surface area contributed by atoms with Crippen molar-refractivity contribution in [3.05, 3.63) is 35.7 Å². The van der Waals surface area contributed by atoms with E-state index >= 15 is 0 Å². The summed E-state index contributed by atoms with van der Waals surface area (Å²) in [4.78, 5) is 25.7. The van der Waals surface area contributed by atoms with Gasteiger partial charge in [0.1, 0.15) is 10.6 Å². The van der Waals surface area contributed by atoms with Gasteiger partial charge in [0.05, 0.1) is 0 Å². The number of aromatic nitrogens is 1. The third kappa shape index (κ3) is 4.39. The maximum atomic E-state index is 12.3. The molecule has 0 bridgehead atoms.